The first kappa shape index (κ1) is 16.4. The van der Waals surface area contributed by atoms with Crippen LogP contribution in [0.4, 0.5) is 8.78 Å². The van der Waals surface area contributed by atoms with Gasteiger partial charge in [-0.05, 0) is 48.9 Å². The summed E-state index contributed by atoms with van der Waals surface area (Å²) in [7, 11) is 0. The molecule has 0 radical (unpaired) electrons. The van der Waals surface area contributed by atoms with Gasteiger partial charge in [0.05, 0.1) is 5.56 Å². The second-order valence-corrected chi connectivity index (χ2v) is 5.83. The number of alkyl halides is 2. The number of hydrogen-bond acceptors (Lipinski definition) is 3. The Morgan fingerprint density at radius 1 is 1.32 bits per heavy atom. The van der Waals surface area contributed by atoms with Crippen molar-refractivity contribution in [1.82, 2.24) is 10.3 Å². The number of nitrogens with one attached hydrogen (secondary N) is 1. The minimum Gasteiger partial charge on any atom is -0.348 e. The van der Waals surface area contributed by atoms with Crippen molar-refractivity contribution in [1.29, 1.82) is 0 Å². The third kappa shape index (κ3) is 4.27. The maximum absolute atomic E-state index is 12.5. The number of pyridine rings is 1. The lowest BCUT2D eigenvalue weighted by atomic mass is 10.1. The van der Waals surface area contributed by atoms with Gasteiger partial charge in [-0.2, -0.15) is 8.78 Å². The zero-order valence-corrected chi connectivity index (χ0v) is 13.1. The van der Waals surface area contributed by atoms with E-state index in [1.807, 2.05) is 32.0 Å². The first-order valence-corrected chi connectivity index (χ1v) is 7.59. The van der Waals surface area contributed by atoms with Crippen molar-refractivity contribution in [2.75, 3.05) is 0 Å². The van der Waals surface area contributed by atoms with Crippen molar-refractivity contribution in [3.8, 4) is 0 Å². The summed E-state index contributed by atoms with van der Waals surface area (Å²) in [5, 5.41) is 2.79. The second kappa shape index (κ2) is 7.35. The smallest absolute Gasteiger partial charge is 0.290 e. The molecule has 1 N–H and O–H groups in total. The molecule has 1 aromatic carbocycles. The number of rotatable bonds is 5. The Kier molecular flexibility index (Phi) is 5.49. The van der Waals surface area contributed by atoms with E-state index in [-0.39, 0.29) is 22.4 Å². The number of aromatic nitrogens is 1. The molecular weight excluding hydrogens is 306 g/mol. The van der Waals surface area contributed by atoms with Crippen molar-refractivity contribution in [2.24, 2.45) is 0 Å². The van der Waals surface area contributed by atoms with Crippen molar-refractivity contribution < 1.29 is 13.6 Å². The third-order valence-corrected chi connectivity index (χ3v) is 3.88. The van der Waals surface area contributed by atoms with Crippen molar-refractivity contribution in [3.05, 3.63) is 58.8 Å². The molecule has 2 rings (SSSR count). The predicted molar refractivity (Wildman–Crippen MR) is 83.2 cm³/mol. The van der Waals surface area contributed by atoms with E-state index in [9.17, 15) is 13.6 Å². The molecule has 0 fully saturated rings. The number of aryl methyl sites for hydroxylation is 2. The molecule has 0 aliphatic rings. The fourth-order valence-corrected chi connectivity index (χ4v) is 2.63. The molecule has 0 aliphatic heterocycles. The summed E-state index contributed by atoms with van der Waals surface area (Å²) < 4.78 is 25.0. The summed E-state index contributed by atoms with van der Waals surface area (Å²) in [6.45, 7) is 4.31. The van der Waals surface area contributed by atoms with Gasteiger partial charge >= 0.3 is 0 Å². The van der Waals surface area contributed by atoms with Gasteiger partial charge in [-0.3, -0.25) is 4.79 Å². The van der Waals surface area contributed by atoms with Gasteiger partial charge in [0.1, 0.15) is 5.03 Å². The fraction of sp³-hybridized carbons (Fsp3) is 0.250. The molecule has 0 saturated heterocycles. The molecule has 3 nitrogen and oxygen atoms in total. The van der Waals surface area contributed by atoms with Gasteiger partial charge in [0, 0.05) is 12.7 Å². The minimum atomic E-state index is -2.61. The highest BCUT2D eigenvalue weighted by atomic mass is 32.2. The van der Waals surface area contributed by atoms with E-state index in [4.69, 9.17) is 0 Å². The Balaban J connectivity index is 2.09. The van der Waals surface area contributed by atoms with Gasteiger partial charge in [0.25, 0.3) is 11.7 Å². The number of hydrogen-bond donors (Lipinski definition) is 1. The highest BCUT2D eigenvalue weighted by Gasteiger charge is 2.16. The highest BCUT2D eigenvalue weighted by molar-refractivity contribution is 7.99. The number of benzene rings is 1. The fourth-order valence-electron chi connectivity index (χ4n) is 2.06. The van der Waals surface area contributed by atoms with Gasteiger partial charge < -0.3 is 5.32 Å². The average molecular weight is 322 g/mol. The molecule has 0 aliphatic carbocycles. The summed E-state index contributed by atoms with van der Waals surface area (Å²) >= 11 is 0.275. The van der Waals surface area contributed by atoms with Crippen LogP contribution >= 0.6 is 11.8 Å². The Labute approximate surface area is 132 Å². The van der Waals surface area contributed by atoms with Crippen LogP contribution in [0.3, 0.4) is 0 Å². The van der Waals surface area contributed by atoms with Crippen LogP contribution < -0.4 is 5.32 Å². The maximum atomic E-state index is 12.5. The number of thioether (sulfide) groups is 1. The van der Waals surface area contributed by atoms with Gasteiger partial charge in [-0.1, -0.05) is 23.8 Å². The standard InChI is InChI=1S/C16H16F2N2OS/c1-10-5-6-12(11(2)8-10)9-20-14(21)13-4-3-7-19-15(13)22-16(17)18/h3-8,16H,9H2,1-2H3,(H,20,21). The molecule has 116 valence electrons. The van der Waals surface area contributed by atoms with Crippen LogP contribution in [0.25, 0.3) is 0 Å². The van der Waals surface area contributed by atoms with Crippen LogP contribution in [0.5, 0.6) is 0 Å². The Hall–Kier alpha value is -1.95. The number of carbonyl (C=O) groups excluding carboxylic acids is 1. The van der Waals surface area contributed by atoms with E-state index < -0.39 is 11.7 Å². The zero-order chi connectivity index (χ0) is 16.1. The third-order valence-electron chi connectivity index (χ3n) is 3.15. The van der Waals surface area contributed by atoms with Crippen LogP contribution in [0, 0.1) is 13.8 Å². The minimum absolute atomic E-state index is 0.0376. The molecule has 22 heavy (non-hydrogen) atoms. The molecule has 0 bridgehead atoms. The summed E-state index contributed by atoms with van der Waals surface area (Å²) in [6, 6.07) is 9.00. The monoisotopic (exact) mass is 322 g/mol. The topological polar surface area (TPSA) is 42.0 Å². The Morgan fingerprint density at radius 3 is 2.77 bits per heavy atom. The molecule has 1 heterocycles. The molecule has 2 aromatic rings. The highest BCUT2D eigenvalue weighted by Crippen LogP contribution is 2.26. The van der Waals surface area contributed by atoms with E-state index in [2.05, 4.69) is 10.3 Å². The second-order valence-electron chi connectivity index (χ2n) is 4.85. The molecule has 0 unspecified atom stereocenters. The molecule has 0 spiro atoms. The van der Waals surface area contributed by atoms with Crippen LogP contribution in [0.1, 0.15) is 27.0 Å². The predicted octanol–water partition coefficient (Wildman–Crippen LogP) is 3.94. The number of halogens is 2. The van der Waals surface area contributed by atoms with Crippen LogP contribution in [0.2, 0.25) is 0 Å². The van der Waals surface area contributed by atoms with Gasteiger partial charge in [-0.15, -0.1) is 0 Å². The van der Waals surface area contributed by atoms with Crippen molar-refractivity contribution in [3.63, 3.8) is 0 Å². The molecule has 6 heteroatoms. The van der Waals surface area contributed by atoms with Crippen LogP contribution in [0.15, 0.2) is 41.6 Å². The zero-order valence-electron chi connectivity index (χ0n) is 12.3. The largest absolute Gasteiger partial charge is 0.348 e. The SMILES string of the molecule is Cc1ccc(CNC(=O)c2cccnc2SC(F)F)c(C)c1. The lowest BCUT2D eigenvalue weighted by Crippen LogP contribution is -2.24. The number of nitrogens with zero attached hydrogens (tertiary/aromatic N) is 1. The van der Waals surface area contributed by atoms with Gasteiger partial charge in [0.15, 0.2) is 0 Å². The molecule has 1 amide bonds. The van der Waals surface area contributed by atoms with E-state index in [0.29, 0.717) is 6.54 Å². The summed E-state index contributed by atoms with van der Waals surface area (Å²) in [6.07, 6.45) is 1.39. The summed E-state index contributed by atoms with van der Waals surface area (Å²) in [5.41, 5.74) is 3.38. The first-order valence-electron chi connectivity index (χ1n) is 6.71. The maximum Gasteiger partial charge on any atom is 0.290 e. The quantitative estimate of drug-likeness (QED) is 0.848. The molecule has 1 aromatic heterocycles. The van der Waals surface area contributed by atoms with E-state index in [0.717, 1.165) is 16.7 Å². The average Bonchev–Trinajstić information content (AvgIpc) is 2.46. The summed E-state index contributed by atoms with van der Waals surface area (Å²) in [4.78, 5) is 16.0. The van der Waals surface area contributed by atoms with Crippen LogP contribution in [-0.2, 0) is 6.54 Å². The molecule has 0 saturated carbocycles. The van der Waals surface area contributed by atoms with Gasteiger partial charge in [-0.25, -0.2) is 4.98 Å². The van der Waals surface area contributed by atoms with Gasteiger partial charge in [0.2, 0.25) is 0 Å². The summed E-state index contributed by atoms with van der Waals surface area (Å²) in [5.74, 6) is -3.02. The first-order chi connectivity index (χ1) is 10.5. The van der Waals surface area contributed by atoms with Crippen molar-refractivity contribution >= 4 is 17.7 Å². The lowest BCUT2D eigenvalue weighted by molar-refractivity contribution is 0.0947. The molecular formula is C16H16F2N2OS. The Bertz CT molecular complexity index is 677. The number of carbonyl (C=O) groups is 1. The van der Waals surface area contributed by atoms with Crippen LogP contribution in [-0.4, -0.2) is 16.6 Å². The van der Waals surface area contributed by atoms with E-state index in [1.54, 1.807) is 6.07 Å². The lowest BCUT2D eigenvalue weighted by Gasteiger charge is -2.10. The normalized spacial score (nSPS) is 10.8. The van der Waals surface area contributed by atoms with Crippen molar-refractivity contribution in [2.45, 2.75) is 31.2 Å². The van der Waals surface area contributed by atoms with E-state index >= 15 is 0 Å². The van der Waals surface area contributed by atoms with E-state index in [1.165, 1.54) is 12.3 Å². The Morgan fingerprint density at radius 2 is 2.09 bits per heavy atom. The number of amides is 1. The molecule has 0 atom stereocenters.